The van der Waals surface area contributed by atoms with Crippen molar-refractivity contribution in [2.75, 3.05) is 5.73 Å². The molecule has 0 aliphatic carbocycles. The van der Waals surface area contributed by atoms with Crippen molar-refractivity contribution < 1.29 is 0 Å². The first-order valence-corrected chi connectivity index (χ1v) is 5.08. The average molecular weight is 217 g/mol. The molecule has 2 aromatic carbocycles. The number of anilines is 1. The zero-order chi connectivity index (χ0) is 10.7. The Bertz CT molecular complexity index is 448. The highest BCUT2D eigenvalue weighted by Gasteiger charge is 2.00. The second kappa shape index (κ2) is 4.37. The van der Waals surface area contributed by atoms with Crippen molar-refractivity contribution in [1.29, 1.82) is 0 Å². The highest BCUT2D eigenvalue weighted by molar-refractivity contribution is 6.30. The first-order chi connectivity index (χ1) is 7.25. The third kappa shape index (κ3) is 2.51. The summed E-state index contributed by atoms with van der Waals surface area (Å²) in [6.07, 6.45) is 2.03. The van der Waals surface area contributed by atoms with E-state index in [0.29, 0.717) is 0 Å². The second-order valence-electron chi connectivity index (χ2n) is 3.32. The normalized spacial score (nSPS) is 10.2. The molecule has 2 heteroatoms. The number of benzene rings is 2. The van der Waals surface area contributed by atoms with Gasteiger partial charge in [0.15, 0.2) is 0 Å². The maximum absolute atomic E-state index is 5.84. The number of halogens is 1. The van der Waals surface area contributed by atoms with E-state index in [9.17, 15) is 0 Å². The molecule has 0 aromatic heterocycles. The molecular formula is C13H11ClN. The standard InChI is InChI=1S/C13H11ClN/c14-12-7-5-10(6-8-12)9-11-3-1-2-4-13(11)15/h1-9H,15H2. The Morgan fingerprint density at radius 1 is 0.933 bits per heavy atom. The van der Waals surface area contributed by atoms with E-state index in [2.05, 4.69) is 0 Å². The van der Waals surface area contributed by atoms with Crippen molar-refractivity contribution in [3.05, 3.63) is 71.1 Å². The molecule has 0 aliphatic heterocycles. The zero-order valence-corrected chi connectivity index (χ0v) is 8.91. The third-order valence-corrected chi connectivity index (χ3v) is 2.44. The van der Waals surface area contributed by atoms with E-state index < -0.39 is 0 Å². The molecule has 2 aromatic rings. The molecule has 0 amide bonds. The minimum absolute atomic E-state index is 0.744. The van der Waals surface area contributed by atoms with Gasteiger partial charge in [-0.2, -0.15) is 0 Å². The van der Waals surface area contributed by atoms with Gasteiger partial charge in [0.2, 0.25) is 0 Å². The summed E-state index contributed by atoms with van der Waals surface area (Å²) >= 11 is 5.81. The Morgan fingerprint density at radius 2 is 1.60 bits per heavy atom. The van der Waals surface area contributed by atoms with Crippen molar-refractivity contribution in [3.63, 3.8) is 0 Å². The summed E-state index contributed by atoms with van der Waals surface area (Å²) in [6.45, 7) is 0. The molecule has 2 N–H and O–H groups in total. The fraction of sp³-hybridized carbons (Fsp3) is 0. The van der Waals surface area contributed by atoms with Crippen LogP contribution in [0.15, 0.2) is 48.5 Å². The van der Waals surface area contributed by atoms with Crippen LogP contribution in [0.2, 0.25) is 5.02 Å². The topological polar surface area (TPSA) is 26.0 Å². The molecule has 75 valence electrons. The SMILES string of the molecule is Nc1ccccc1[CH]c1ccc(Cl)cc1. The fourth-order valence-electron chi connectivity index (χ4n) is 1.38. The van der Waals surface area contributed by atoms with Gasteiger partial charge in [-0.1, -0.05) is 41.9 Å². The predicted octanol–water partition coefficient (Wildman–Crippen LogP) is 3.52. The summed E-state index contributed by atoms with van der Waals surface area (Å²) in [7, 11) is 0. The molecule has 1 nitrogen and oxygen atoms in total. The minimum atomic E-state index is 0.744. The largest absolute Gasteiger partial charge is 0.398 e. The Morgan fingerprint density at radius 3 is 2.27 bits per heavy atom. The molecule has 2 rings (SSSR count). The maximum atomic E-state index is 5.84. The number of rotatable bonds is 2. The lowest BCUT2D eigenvalue weighted by atomic mass is 10.0. The Labute approximate surface area is 94.5 Å². The number of hydrogen-bond acceptors (Lipinski definition) is 1. The monoisotopic (exact) mass is 216 g/mol. The van der Waals surface area contributed by atoms with Crippen molar-refractivity contribution in [2.24, 2.45) is 0 Å². The van der Waals surface area contributed by atoms with Crippen LogP contribution in [0.5, 0.6) is 0 Å². The summed E-state index contributed by atoms with van der Waals surface area (Å²) in [5.74, 6) is 0. The Balaban J connectivity index is 2.22. The molecule has 0 saturated heterocycles. The van der Waals surface area contributed by atoms with Crippen molar-refractivity contribution in [1.82, 2.24) is 0 Å². The van der Waals surface area contributed by atoms with E-state index in [1.165, 1.54) is 0 Å². The summed E-state index contributed by atoms with van der Waals surface area (Å²) < 4.78 is 0. The van der Waals surface area contributed by atoms with E-state index in [0.717, 1.165) is 21.8 Å². The van der Waals surface area contributed by atoms with E-state index in [-0.39, 0.29) is 0 Å². The first kappa shape index (κ1) is 10.1. The Kier molecular flexibility index (Phi) is 2.93. The molecule has 0 heterocycles. The summed E-state index contributed by atoms with van der Waals surface area (Å²) in [5, 5.41) is 0.744. The van der Waals surface area contributed by atoms with Crippen LogP contribution < -0.4 is 5.73 Å². The average Bonchev–Trinajstić information content (AvgIpc) is 2.25. The van der Waals surface area contributed by atoms with E-state index in [1.54, 1.807) is 0 Å². The first-order valence-electron chi connectivity index (χ1n) is 4.70. The van der Waals surface area contributed by atoms with E-state index in [4.69, 9.17) is 17.3 Å². The summed E-state index contributed by atoms with van der Waals surface area (Å²) in [4.78, 5) is 0. The van der Waals surface area contributed by atoms with Crippen molar-refractivity contribution in [3.8, 4) is 0 Å². The lowest BCUT2D eigenvalue weighted by molar-refractivity contribution is 1.43. The van der Waals surface area contributed by atoms with Gasteiger partial charge in [0, 0.05) is 17.1 Å². The smallest absolute Gasteiger partial charge is 0.0406 e. The second-order valence-corrected chi connectivity index (χ2v) is 3.76. The lowest BCUT2D eigenvalue weighted by Gasteiger charge is -2.04. The molecular weight excluding hydrogens is 206 g/mol. The van der Waals surface area contributed by atoms with Crippen molar-refractivity contribution >= 4 is 17.3 Å². The Hall–Kier alpha value is -1.47. The van der Waals surface area contributed by atoms with Gasteiger partial charge in [0.1, 0.15) is 0 Å². The number of nitrogens with two attached hydrogens (primary N) is 1. The van der Waals surface area contributed by atoms with Gasteiger partial charge >= 0.3 is 0 Å². The van der Waals surface area contributed by atoms with Gasteiger partial charge in [-0.3, -0.25) is 0 Å². The van der Waals surface area contributed by atoms with Crippen LogP contribution in [0.3, 0.4) is 0 Å². The predicted molar refractivity (Wildman–Crippen MR) is 64.8 cm³/mol. The number of nitrogen functional groups attached to an aromatic ring is 1. The molecule has 1 radical (unpaired) electrons. The van der Waals surface area contributed by atoms with Gasteiger partial charge in [0.05, 0.1) is 0 Å². The molecule has 15 heavy (non-hydrogen) atoms. The quantitative estimate of drug-likeness (QED) is 0.764. The zero-order valence-electron chi connectivity index (χ0n) is 8.15. The lowest BCUT2D eigenvalue weighted by Crippen LogP contribution is -1.92. The van der Waals surface area contributed by atoms with E-state index in [1.807, 2.05) is 55.0 Å². The van der Waals surface area contributed by atoms with Crippen LogP contribution in [0.1, 0.15) is 11.1 Å². The van der Waals surface area contributed by atoms with Gasteiger partial charge in [-0.25, -0.2) is 0 Å². The molecule has 0 aliphatic rings. The molecule has 0 saturated carbocycles. The molecule has 0 spiro atoms. The summed E-state index contributed by atoms with van der Waals surface area (Å²) in [5.41, 5.74) is 8.75. The number of para-hydroxylation sites is 1. The van der Waals surface area contributed by atoms with Crippen LogP contribution in [0, 0.1) is 6.42 Å². The van der Waals surface area contributed by atoms with Gasteiger partial charge in [-0.05, 0) is 29.3 Å². The van der Waals surface area contributed by atoms with Crippen LogP contribution >= 0.6 is 11.6 Å². The van der Waals surface area contributed by atoms with Crippen LogP contribution in [0.4, 0.5) is 5.69 Å². The third-order valence-electron chi connectivity index (χ3n) is 2.19. The molecule has 0 atom stereocenters. The highest BCUT2D eigenvalue weighted by Crippen LogP contribution is 2.19. The molecule has 0 bridgehead atoms. The van der Waals surface area contributed by atoms with Crippen molar-refractivity contribution in [2.45, 2.75) is 0 Å². The van der Waals surface area contributed by atoms with E-state index >= 15 is 0 Å². The van der Waals surface area contributed by atoms with Crippen LogP contribution in [0.25, 0.3) is 0 Å². The highest BCUT2D eigenvalue weighted by atomic mass is 35.5. The fourth-order valence-corrected chi connectivity index (χ4v) is 1.51. The maximum Gasteiger partial charge on any atom is 0.0406 e. The molecule has 0 fully saturated rings. The number of hydrogen-bond donors (Lipinski definition) is 1. The van der Waals surface area contributed by atoms with Gasteiger partial charge in [0.25, 0.3) is 0 Å². The summed E-state index contributed by atoms with van der Waals surface area (Å²) in [6, 6.07) is 15.4. The minimum Gasteiger partial charge on any atom is -0.398 e. The molecule has 0 unspecified atom stereocenters. The van der Waals surface area contributed by atoms with Crippen LogP contribution in [-0.4, -0.2) is 0 Å². The van der Waals surface area contributed by atoms with Crippen LogP contribution in [-0.2, 0) is 0 Å². The van der Waals surface area contributed by atoms with Gasteiger partial charge in [-0.15, -0.1) is 0 Å². The van der Waals surface area contributed by atoms with Gasteiger partial charge < -0.3 is 5.73 Å².